The lowest BCUT2D eigenvalue weighted by Gasteiger charge is -2.16. The number of hydrogen-bond donors (Lipinski definition) is 2. The number of nitrogens with one attached hydrogen (secondary N) is 1. The van der Waals surface area contributed by atoms with E-state index in [0.29, 0.717) is 6.42 Å². The van der Waals surface area contributed by atoms with Gasteiger partial charge in [0.15, 0.2) is 0 Å². The van der Waals surface area contributed by atoms with Gasteiger partial charge in [0.2, 0.25) is 0 Å². The summed E-state index contributed by atoms with van der Waals surface area (Å²) in [4.78, 5) is 0. The van der Waals surface area contributed by atoms with Gasteiger partial charge in [-0.1, -0.05) is 23.7 Å². The van der Waals surface area contributed by atoms with E-state index >= 15 is 0 Å². The third kappa shape index (κ3) is 3.80. The Bertz CT molecular complexity index is 516. The third-order valence-electron chi connectivity index (χ3n) is 3.05. The van der Waals surface area contributed by atoms with E-state index in [2.05, 4.69) is 5.43 Å². The Morgan fingerprint density at radius 3 is 2.84 bits per heavy atom. The van der Waals surface area contributed by atoms with Gasteiger partial charge in [0, 0.05) is 12.5 Å². The molecular formula is C14H16ClFN2O. The molecule has 19 heavy (non-hydrogen) atoms. The van der Waals surface area contributed by atoms with Crippen molar-refractivity contribution in [2.45, 2.75) is 25.3 Å². The molecule has 5 heteroatoms. The number of hydrogen-bond acceptors (Lipinski definition) is 3. The van der Waals surface area contributed by atoms with Crippen molar-refractivity contribution < 1.29 is 8.81 Å². The van der Waals surface area contributed by atoms with Crippen molar-refractivity contribution in [3.63, 3.8) is 0 Å². The SMILES string of the molecule is NNC(CCc1ccco1)Cc1cccc(F)c1Cl. The zero-order chi connectivity index (χ0) is 13.7. The molecule has 2 aromatic rings. The average molecular weight is 283 g/mol. The van der Waals surface area contributed by atoms with Crippen LogP contribution in [0.5, 0.6) is 0 Å². The van der Waals surface area contributed by atoms with Gasteiger partial charge in [-0.2, -0.15) is 0 Å². The quantitative estimate of drug-likeness (QED) is 0.632. The summed E-state index contributed by atoms with van der Waals surface area (Å²) in [7, 11) is 0. The standard InChI is InChI=1S/C14H16ClFN2O/c15-14-10(3-1-5-13(14)16)9-11(18-17)6-7-12-4-2-8-19-12/h1-5,8,11,18H,6-7,9,17H2. The molecule has 0 spiro atoms. The second-order valence-electron chi connectivity index (χ2n) is 4.40. The minimum Gasteiger partial charge on any atom is -0.469 e. The van der Waals surface area contributed by atoms with E-state index in [9.17, 15) is 4.39 Å². The second-order valence-corrected chi connectivity index (χ2v) is 4.78. The third-order valence-corrected chi connectivity index (χ3v) is 3.48. The van der Waals surface area contributed by atoms with Crippen LogP contribution in [0.2, 0.25) is 5.02 Å². The van der Waals surface area contributed by atoms with Crippen molar-refractivity contribution in [1.29, 1.82) is 0 Å². The highest BCUT2D eigenvalue weighted by atomic mass is 35.5. The predicted molar refractivity (Wildman–Crippen MR) is 73.3 cm³/mol. The van der Waals surface area contributed by atoms with Crippen LogP contribution in [-0.2, 0) is 12.8 Å². The van der Waals surface area contributed by atoms with Gasteiger partial charge in [0.25, 0.3) is 0 Å². The van der Waals surface area contributed by atoms with Gasteiger partial charge >= 0.3 is 0 Å². The van der Waals surface area contributed by atoms with Crippen LogP contribution >= 0.6 is 11.6 Å². The van der Waals surface area contributed by atoms with Crippen molar-refractivity contribution in [2.24, 2.45) is 5.84 Å². The lowest BCUT2D eigenvalue weighted by molar-refractivity contribution is 0.447. The monoisotopic (exact) mass is 282 g/mol. The molecule has 1 aromatic carbocycles. The molecule has 1 atom stereocenters. The molecule has 0 amide bonds. The Kier molecular flexibility index (Phi) is 4.96. The van der Waals surface area contributed by atoms with Crippen LogP contribution < -0.4 is 11.3 Å². The highest BCUT2D eigenvalue weighted by molar-refractivity contribution is 6.31. The first-order chi connectivity index (χ1) is 9.20. The molecule has 3 nitrogen and oxygen atoms in total. The van der Waals surface area contributed by atoms with Crippen LogP contribution in [0.15, 0.2) is 41.0 Å². The summed E-state index contributed by atoms with van der Waals surface area (Å²) in [5.41, 5.74) is 3.49. The fourth-order valence-electron chi connectivity index (χ4n) is 1.99. The molecule has 0 fully saturated rings. The molecular weight excluding hydrogens is 267 g/mol. The van der Waals surface area contributed by atoms with Crippen LogP contribution in [-0.4, -0.2) is 6.04 Å². The Hall–Kier alpha value is -1.36. The van der Waals surface area contributed by atoms with Gasteiger partial charge in [-0.25, -0.2) is 4.39 Å². The van der Waals surface area contributed by atoms with E-state index in [1.54, 1.807) is 12.3 Å². The van der Waals surface area contributed by atoms with Gasteiger partial charge < -0.3 is 4.42 Å². The van der Waals surface area contributed by atoms with Gasteiger partial charge in [-0.05, 0) is 36.6 Å². The van der Waals surface area contributed by atoms with E-state index in [0.717, 1.165) is 24.2 Å². The Balaban J connectivity index is 1.96. The van der Waals surface area contributed by atoms with Crippen molar-refractivity contribution in [3.8, 4) is 0 Å². The van der Waals surface area contributed by atoms with Gasteiger partial charge in [0.1, 0.15) is 11.6 Å². The van der Waals surface area contributed by atoms with Crippen molar-refractivity contribution in [3.05, 3.63) is 58.8 Å². The zero-order valence-corrected chi connectivity index (χ0v) is 11.2. The summed E-state index contributed by atoms with van der Waals surface area (Å²) in [5.74, 6) is 6.04. The smallest absolute Gasteiger partial charge is 0.142 e. The van der Waals surface area contributed by atoms with Crippen molar-refractivity contribution >= 4 is 11.6 Å². The minimum absolute atomic E-state index is 0.0180. The topological polar surface area (TPSA) is 51.2 Å². The summed E-state index contributed by atoms with van der Waals surface area (Å²) < 4.78 is 18.6. The fraction of sp³-hybridized carbons (Fsp3) is 0.286. The summed E-state index contributed by atoms with van der Waals surface area (Å²) in [6.07, 6.45) is 3.78. The number of rotatable bonds is 6. The molecule has 0 aliphatic heterocycles. The summed E-state index contributed by atoms with van der Waals surface area (Å²) in [5, 5.41) is 0.167. The van der Waals surface area contributed by atoms with E-state index in [1.807, 2.05) is 18.2 Å². The fourth-order valence-corrected chi connectivity index (χ4v) is 2.19. The molecule has 102 valence electrons. The molecule has 1 aromatic heterocycles. The van der Waals surface area contributed by atoms with Crippen LogP contribution in [0, 0.1) is 5.82 Å². The Labute approximate surface area is 116 Å². The van der Waals surface area contributed by atoms with Crippen LogP contribution in [0.1, 0.15) is 17.7 Å². The maximum Gasteiger partial charge on any atom is 0.142 e. The molecule has 0 saturated heterocycles. The van der Waals surface area contributed by atoms with E-state index in [-0.39, 0.29) is 11.1 Å². The average Bonchev–Trinajstić information content (AvgIpc) is 2.92. The first-order valence-corrected chi connectivity index (χ1v) is 6.50. The summed E-state index contributed by atoms with van der Waals surface area (Å²) >= 11 is 5.93. The molecule has 1 unspecified atom stereocenters. The number of furan rings is 1. The summed E-state index contributed by atoms with van der Waals surface area (Å²) in [6.45, 7) is 0. The first-order valence-electron chi connectivity index (χ1n) is 6.12. The highest BCUT2D eigenvalue weighted by Gasteiger charge is 2.13. The number of hydrazine groups is 1. The maximum absolute atomic E-state index is 13.3. The molecule has 3 N–H and O–H groups in total. The summed E-state index contributed by atoms with van der Waals surface area (Å²) in [6, 6.07) is 8.59. The molecule has 1 heterocycles. The first kappa shape index (κ1) is 14.1. The van der Waals surface area contributed by atoms with Crippen LogP contribution in [0.3, 0.4) is 0 Å². The molecule has 0 saturated carbocycles. The van der Waals surface area contributed by atoms with Gasteiger partial charge in [-0.15, -0.1) is 0 Å². The lowest BCUT2D eigenvalue weighted by atomic mass is 10.0. The van der Waals surface area contributed by atoms with E-state index in [4.69, 9.17) is 21.9 Å². The number of benzene rings is 1. The minimum atomic E-state index is -0.402. The van der Waals surface area contributed by atoms with E-state index < -0.39 is 5.82 Å². The van der Waals surface area contributed by atoms with E-state index in [1.165, 1.54) is 6.07 Å². The largest absolute Gasteiger partial charge is 0.469 e. The normalized spacial score (nSPS) is 12.6. The molecule has 2 rings (SSSR count). The number of halogens is 2. The zero-order valence-electron chi connectivity index (χ0n) is 10.4. The predicted octanol–water partition coefficient (Wildman–Crippen LogP) is 3.08. The van der Waals surface area contributed by atoms with Crippen molar-refractivity contribution in [2.75, 3.05) is 0 Å². The van der Waals surface area contributed by atoms with Crippen LogP contribution in [0.25, 0.3) is 0 Å². The number of nitrogens with two attached hydrogens (primary N) is 1. The molecule has 0 radical (unpaired) electrons. The molecule has 0 aliphatic rings. The second kappa shape index (κ2) is 6.70. The van der Waals surface area contributed by atoms with Crippen molar-refractivity contribution in [1.82, 2.24) is 5.43 Å². The van der Waals surface area contributed by atoms with Crippen LogP contribution in [0.4, 0.5) is 4.39 Å². The van der Waals surface area contributed by atoms with Gasteiger partial charge in [0.05, 0.1) is 11.3 Å². The highest BCUT2D eigenvalue weighted by Crippen LogP contribution is 2.21. The lowest BCUT2D eigenvalue weighted by Crippen LogP contribution is -2.37. The van der Waals surface area contributed by atoms with Gasteiger partial charge in [-0.3, -0.25) is 11.3 Å². The maximum atomic E-state index is 13.3. The number of aryl methyl sites for hydroxylation is 1. The Morgan fingerprint density at radius 2 is 2.16 bits per heavy atom. The molecule has 0 bridgehead atoms. The Morgan fingerprint density at radius 1 is 1.32 bits per heavy atom. The molecule has 0 aliphatic carbocycles.